The monoisotopic (exact) mass is 638 g/mol. The smallest absolute Gasteiger partial charge is 0.348 e. The fourth-order valence-electron chi connectivity index (χ4n) is 4.62. The fourth-order valence-corrected chi connectivity index (χ4v) is 4.62. The summed E-state index contributed by atoms with van der Waals surface area (Å²) >= 11 is 0. The zero-order valence-electron chi connectivity index (χ0n) is 26.7. The Morgan fingerprint density at radius 3 is 2.09 bits per heavy atom. The number of pyridine rings is 1. The molecule has 1 heterocycles. The van der Waals surface area contributed by atoms with Gasteiger partial charge in [0, 0.05) is 41.6 Å². The molecule has 11 heteroatoms. The predicted molar refractivity (Wildman–Crippen MR) is 175 cm³/mol. The van der Waals surface area contributed by atoms with E-state index in [9.17, 15) is 9.32 Å². The molecule has 10 nitrogen and oxygen atoms in total. The van der Waals surface area contributed by atoms with Crippen molar-refractivity contribution in [3.63, 3.8) is 0 Å². The summed E-state index contributed by atoms with van der Waals surface area (Å²) in [6, 6.07) is 20.0. The number of aromatic nitrogens is 1. The Morgan fingerprint density at radius 2 is 1.41 bits per heavy atom. The first-order valence-electron chi connectivity index (χ1n) is 15.8. The third kappa shape index (κ3) is 14.0. The van der Waals surface area contributed by atoms with Crippen molar-refractivity contribution >= 4 is 11.8 Å². The Labute approximate surface area is 271 Å². The SMILES string of the molecule is C[C@H](c1ccc(OCCCCCCOCCOCCOCCCC(=O)OF)cc1)c1cccc(/C(N)=N/C(N)c2ccncc2)c1. The summed E-state index contributed by atoms with van der Waals surface area (Å²) in [5.41, 5.74) is 16.5. The third-order valence-corrected chi connectivity index (χ3v) is 7.34. The molecular weight excluding hydrogens is 591 g/mol. The average Bonchev–Trinajstić information content (AvgIpc) is 3.09. The average molecular weight is 639 g/mol. The van der Waals surface area contributed by atoms with Crippen LogP contribution in [0.5, 0.6) is 5.75 Å². The van der Waals surface area contributed by atoms with Crippen molar-refractivity contribution in [3.05, 3.63) is 95.3 Å². The molecule has 0 aliphatic heterocycles. The fraction of sp³-hybridized carbons (Fsp3) is 0.457. The minimum absolute atomic E-state index is 0.00308. The van der Waals surface area contributed by atoms with Gasteiger partial charge in [-0.15, -0.1) is 0 Å². The van der Waals surface area contributed by atoms with Crippen LogP contribution in [0.25, 0.3) is 0 Å². The molecule has 4 N–H and O–H groups in total. The lowest BCUT2D eigenvalue weighted by atomic mass is 9.92. The third-order valence-electron chi connectivity index (χ3n) is 7.34. The van der Waals surface area contributed by atoms with E-state index in [0.717, 1.165) is 48.1 Å². The first kappa shape index (κ1) is 36.6. The molecule has 2 atom stereocenters. The van der Waals surface area contributed by atoms with Gasteiger partial charge in [0.25, 0.3) is 0 Å². The van der Waals surface area contributed by atoms with Gasteiger partial charge in [-0.2, -0.15) is 0 Å². The summed E-state index contributed by atoms with van der Waals surface area (Å²) in [6.07, 6.45) is 7.38. The molecule has 2 aromatic carbocycles. The van der Waals surface area contributed by atoms with Crippen LogP contribution in [0.15, 0.2) is 78.0 Å². The molecule has 0 amide bonds. The molecule has 3 aromatic rings. The van der Waals surface area contributed by atoms with E-state index in [1.54, 1.807) is 12.4 Å². The van der Waals surface area contributed by atoms with Crippen LogP contribution in [0.3, 0.4) is 0 Å². The number of aliphatic imine (C=N–C) groups is 1. The summed E-state index contributed by atoms with van der Waals surface area (Å²) in [5, 5.41) is 0. The predicted octanol–water partition coefficient (Wildman–Crippen LogP) is 5.79. The summed E-state index contributed by atoms with van der Waals surface area (Å²) in [5.74, 6) is 0.548. The van der Waals surface area contributed by atoms with Crippen LogP contribution in [0.4, 0.5) is 4.53 Å². The number of nitrogens with zero attached hydrogens (tertiary/aromatic N) is 2. The molecule has 1 unspecified atom stereocenters. The van der Waals surface area contributed by atoms with Crippen LogP contribution in [-0.4, -0.2) is 63.0 Å². The Hall–Kier alpha value is -3.90. The van der Waals surface area contributed by atoms with Crippen LogP contribution in [0, 0.1) is 0 Å². The van der Waals surface area contributed by atoms with Crippen molar-refractivity contribution in [2.24, 2.45) is 16.5 Å². The molecule has 46 heavy (non-hydrogen) atoms. The number of benzene rings is 2. The second-order valence-electron chi connectivity index (χ2n) is 10.8. The summed E-state index contributed by atoms with van der Waals surface area (Å²) in [7, 11) is 0. The molecular formula is C35H47FN4O6. The quantitative estimate of drug-likeness (QED) is 0.0750. The van der Waals surface area contributed by atoms with Gasteiger partial charge >= 0.3 is 5.97 Å². The highest BCUT2D eigenvalue weighted by atomic mass is 19.3. The zero-order valence-corrected chi connectivity index (χ0v) is 26.7. The molecule has 1 aromatic heterocycles. The Kier molecular flexibility index (Phi) is 17.3. The molecule has 0 saturated carbocycles. The van der Waals surface area contributed by atoms with Gasteiger partial charge in [0.2, 0.25) is 0 Å². The van der Waals surface area contributed by atoms with E-state index in [1.807, 2.05) is 36.4 Å². The van der Waals surface area contributed by atoms with E-state index < -0.39 is 12.1 Å². The maximum absolute atomic E-state index is 11.5. The molecule has 0 radical (unpaired) electrons. The highest BCUT2D eigenvalue weighted by Crippen LogP contribution is 2.27. The minimum atomic E-state index is -0.879. The highest BCUT2D eigenvalue weighted by molar-refractivity contribution is 5.97. The number of carbonyl (C=O) groups excluding carboxylic acids is 1. The number of ether oxygens (including phenoxy) is 4. The summed E-state index contributed by atoms with van der Waals surface area (Å²) in [4.78, 5) is 22.2. The van der Waals surface area contributed by atoms with Crippen LogP contribution < -0.4 is 16.2 Å². The number of hydrogen-bond donors (Lipinski definition) is 2. The van der Waals surface area contributed by atoms with Gasteiger partial charge in [0.05, 0.1) is 39.5 Å². The van der Waals surface area contributed by atoms with Gasteiger partial charge in [-0.3, -0.25) is 9.93 Å². The lowest BCUT2D eigenvalue weighted by Crippen LogP contribution is -2.19. The molecule has 3 rings (SSSR count). The Morgan fingerprint density at radius 1 is 0.783 bits per heavy atom. The first-order valence-corrected chi connectivity index (χ1v) is 15.8. The zero-order chi connectivity index (χ0) is 32.8. The van der Waals surface area contributed by atoms with E-state index >= 15 is 0 Å². The van der Waals surface area contributed by atoms with Crippen LogP contribution >= 0.6 is 0 Å². The molecule has 0 saturated heterocycles. The molecule has 0 aliphatic carbocycles. The number of amidine groups is 1. The van der Waals surface area contributed by atoms with Gasteiger partial charge in [0.1, 0.15) is 17.8 Å². The van der Waals surface area contributed by atoms with E-state index in [2.05, 4.69) is 46.1 Å². The van der Waals surface area contributed by atoms with E-state index in [1.165, 1.54) is 5.56 Å². The number of halogens is 1. The molecule has 0 fully saturated rings. The van der Waals surface area contributed by atoms with Crippen LogP contribution in [-0.2, 0) is 23.9 Å². The van der Waals surface area contributed by atoms with Crippen molar-refractivity contribution in [1.29, 1.82) is 0 Å². The normalized spacial score (nSPS) is 12.9. The standard InChI is InChI=1S/C35H47FN4O6/c1-27(30-8-6-9-31(26-30)35(38)40-34(37)29-15-17-39-18-16-29)28-11-13-32(14-12-28)45-21-5-3-2-4-19-42-22-24-44-25-23-43-20-7-10-33(41)46-36/h6,8-9,11-18,26-27,34H,2-5,7,10,19-25,37H2,1H3,(H2,38,40)/t27-,34?/m1/s1. The number of rotatable bonds is 23. The number of nitrogens with two attached hydrogens (primary N) is 2. The number of carbonyl (C=O) groups is 1. The van der Waals surface area contributed by atoms with Gasteiger partial charge in [-0.05, 0) is 72.7 Å². The van der Waals surface area contributed by atoms with Crippen molar-refractivity contribution in [2.75, 3.05) is 46.2 Å². The molecule has 0 spiro atoms. The van der Waals surface area contributed by atoms with Crippen LogP contribution in [0.1, 0.15) is 79.8 Å². The van der Waals surface area contributed by atoms with Crippen molar-refractivity contribution in [3.8, 4) is 5.75 Å². The molecule has 0 bridgehead atoms. The van der Waals surface area contributed by atoms with Crippen molar-refractivity contribution < 1.29 is 33.2 Å². The van der Waals surface area contributed by atoms with Gasteiger partial charge in [-0.25, -0.2) is 9.79 Å². The number of hydrogen-bond acceptors (Lipinski definition) is 9. The second-order valence-corrected chi connectivity index (χ2v) is 10.8. The second kappa shape index (κ2) is 21.8. The Bertz CT molecular complexity index is 1300. The largest absolute Gasteiger partial charge is 0.494 e. The maximum Gasteiger partial charge on any atom is 0.348 e. The minimum Gasteiger partial charge on any atom is -0.494 e. The topological polar surface area (TPSA) is 141 Å². The van der Waals surface area contributed by atoms with Crippen molar-refractivity contribution in [1.82, 2.24) is 4.98 Å². The van der Waals surface area contributed by atoms with E-state index in [4.69, 9.17) is 30.4 Å². The van der Waals surface area contributed by atoms with Crippen LogP contribution in [0.2, 0.25) is 0 Å². The van der Waals surface area contributed by atoms with Gasteiger partial charge in [-0.1, -0.05) is 43.7 Å². The number of unbranched alkanes of at least 4 members (excludes halogenated alkanes) is 3. The molecule has 250 valence electrons. The van der Waals surface area contributed by atoms with E-state index in [-0.39, 0.29) is 12.3 Å². The van der Waals surface area contributed by atoms with Gasteiger partial charge < -0.3 is 30.4 Å². The van der Waals surface area contributed by atoms with Crippen molar-refractivity contribution in [2.45, 2.75) is 57.5 Å². The lowest BCUT2D eigenvalue weighted by Gasteiger charge is -2.15. The molecule has 0 aliphatic rings. The lowest BCUT2D eigenvalue weighted by molar-refractivity contribution is -0.184. The Balaban J connectivity index is 1.24. The van der Waals surface area contributed by atoms with Gasteiger partial charge in [0.15, 0.2) is 0 Å². The van der Waals surface area contributed by atoms with E-state index in [0.29, 0.717) is 58.5 Å². The highest BCUT2D eigenvalue weighted by Gasteiger charge is 2.12. The summed E-state index contributed by atoms with van der Waals surface area (Å²) in [6.45, 7) is 5.81. The summed E-state index contributed by atoms with van der Waals surface area (Å²) < 4.78 is 33.8. The maximum atomic E-state index is 11.5. The first-order chi connectivity index (χ1) is 22.5.